The number of hydrogen-bond acceptors (Lipinski definition) is 3. The van der Waals surface area contributed by atoms with E-state index >= 15 is 0 Å². The Kier molecular flexibility index (Phi) is 5.52. The highest BCUT2D eigenvalue weighted by Gasteiger charge is 2.33. The molecule has 0 aliphatic carbocycles. The molecular formula is C15H19F3N3O2S+. The predicted molar refractivity (Wildman–Crippen MR) is 80.5 cm³/mol. The van der Waals surface area contributed by atoms with Crippen LogP contribution in [0.15, 0.2) is 29.2 Å². The van der Waals surface area contributed by atoms with Gasteiger partial charge >= 0.3 is 6.18 Å². The minimum Gasteiger partial charge on any atom is -0.332 e. The predicted octanol–water partition coefficient (Wildman–Crippen LogP) is 0.754. The second kappa shape index (κ2) is 7.09. The monoisotopic (exact) mass is 362 g/mol. The highest BCUT2D eigenvalue weighted by Crippen LogP contribution is 2.30. The summed E-state index contributed by atoms with van der Waals surface area (Å²) in [6, 6.07) is 5.70. The van der Waals surface area contributed by atoms with E-state index in [1.165, 1.54) is 4.31 Å². The Morgan fingerprint density at radius 2 is 1.79 bits per heavy atom. The Bertz CT molecular complexity index is 703. The molecule has 0 unspecified atom stereocenters. The van der Waals surface area contributed by atoms with Crippen molar-refractivity contribution in [1.29, 1.82) is 5.26 Å². The van der Waals surface area contributed by atoms with Gasteiger partial charge in [0.05, 0.1) is 55.2 Å². The van der Waals surface area contributed by atoms with Crippen LogP contribution in [-0.4, -0.2) is 45.4 Å². The van der Waals surface area contributed by atoms with Crippen molar-refractivity contribution in [3.8, 4) is 6.07 Å². The molecule has 5 nitrogen and oxygen atoms in total. The summed E-state index contributed by atoms with van der Waals surface area (Å²) in [6.45, 7) is 4.20. The zero-order valence-corrected chi connectivity index (χ0v) is 14.0. The van der Waals surface area contributed by atoms with Gasteiger partial charge in [-0.3, -0.25) is 0 Å². The number of nitrogens with one attached hydrogen (secondary N) is 1. The van der Waals surface area contributed by atoms with E-state index < -0.39 is 21.8 Å². The summed E-state index contributed by atoms with van der Waals surface area (Å²) in [5.41, 5.74) is -0.874. The summed E-state index contributed by atoms with van der Waals surface area (Å²) >= 11 is 0. The van der Waals surface area contributed by atoms with Crippen molar-refractivity contribution in [2.45, 2.75) is 18.0 Å². The molecule has 0 bridgehead atoms. The van der Waals surface area contributed by atoms with Gasteiger partial charge in [0.15, 0.2) is 0 Å². The van der Waals surface area contributed by atoms with Gasteiger partial charge in [0.2, 0.25) is 10.0 Å². The molecule has 9 heteroatoms. The van der Waals surface area contributed by atoms with Crippen LogP contribution in [-0.2, 0) is 16.2 Å². The lowest BCUT2D eigenvalue weighted by atomic mass is 10.2. The van der Waals surface area contributed by atoms with Crippen LogP contribution in [0.2, 0.25) is 0 Å². The summed E-state index contributed by atoms with van der Waals surface area (Å²) in [5, 5.41) is 8.83. The fourth-order valence-corrected chi connectivity index (χ4v) is 4.13. The average molecular weight is 362 g/mol. The standard InChI is InChI=1S/C15H18F3N3O2S/c1-12(10-19)11-20-6-8-21(9-7-20)24(22,23)14-4-2-13(3-5-14)15(16,17)18/h2-5,12H,6-9,11H2,1H3/p+1/t12-/m1/s1. The van der Waals surface area contributed by atoms with Gasteiger partial charge in [0.1, 0.15) is 0 Å². The molecule has 0 aromatic heterocycles. The fourth-order valence-electron chi connectivity index (χ4n) is 2.69. The maximum Gasteiger partial charge on any atom is 0.416 e. The molecular weight excluding hydrogens is 343 g/mol. The maximum atomic E-state index is 12.6. The normalized spacial score (nSPS) is 19.0. The highest BCUT2D eigenvalue weighted by atomic mass is 32.2. The molecule has 1 aliphatic rings. The molecule has 1 aromatic carbocycles. The van der Waals surface area contributed by atoms with E-state index in [1.54, 1.807) is 0 Å². The van der Waals surface area contributed by atoms with Crippen molar-refractivity contribution in [3.63, 3.8) is 0 Å². The molecule has 0 saturated carbocycles. The first-order valence-electron chi connectivity index (χ1n) is 7.55. The van der Waals surface area contributed by atoms with Gasteiger partial charge in [0.25, 0.3) is 0 Å². The highest BCUT2D eigenvalue weighted by molar-refractivity contribution is 7.89. The van der Waals surface area contributed by atoms with Gasteiger partial charge in [-0.05, 0) is 31.2 Å². The van der Waals surface area contributed by atoms with Crippen LogP contribution in [0, 0.1) is 17.2 Å². The lowest BCUT2D eigenvalue weighted by molar-refractivity contribution is -0.905. The molecule has 2 rings (SSSR count). The van der Waals surface area contributed by atoms with E-state index in [2.05, 4.69) is 6.07 Å². The van der Waals surface area contributed by atoms with Gasteiger partial charge in [-0.15, -0.1) is 0 Å². The molecule has 1 aliphatic heterocycles. The first-order chi connectivity index (χ1) is 11.1. The Labute approximate surface area is 139 Å². The van der Waals surface area contributed by atoms with Gasteiger partial charge in [0, 0.05) is 0 Å². The third kappa shape index (κ3) is 4.26. The average Bonchev–Trinajstić information content (AvgIpc) is 2.54. The number of alkyl halides is 3. The Morgan fingerprint density at radius 1 is 1.25 bits per heavy atom. The SMILES string of the molecule is C[C@H](C#N)C[NH+]1CCN(S(=O)(=O)c2ccc(C(F)(F)F)cc2)CC1. The number of halogens is 3. The second-order valence-electron chi connectivity index (χ2n) is 5.91. The topological polar surface area (TPSA) is 65.6 Å². The molecule has 132 valence electrons. The molecule has 1 aromatic rings. The lowest BCUT2D eigenvalue weighted by Gasteiger charge is -2.32. The molecule has 0 radical (unpaired) electrons. The van der Waals surface area contributed by atoms with Crippen molar-refractivity contribution in [2.75, 3.05) is 32.7 Å². The van der Waals surface area contributed by atoms with E-state index in [0.717, 1.165) is 29.2 Å². The van der Waals surface area contributed by atoms with Crippen LogP contribution in [0.3, 0.4) is 0 Å². The molecule has 24 heavy (non-hydrogen) atoms. The van der Waals surface area contributed by atoms with Crippen LogP contribution < -0.4 is 4.90 Å². The van der Waals surface area contributed by atoms with E-state index in [0.29, 0.717) is 19.6 Å². The fraction of sp³-hybridized carbons (Fsp3) is 0.533. The number of nitriles is 1. The molecule has 1 heterocycles. The van der Waals surface area contributed by atoms with E-state index in [1.807, 2.05) is 6.92 Å². The number of quaternary nitrogens is 1. The minimum atomic E-state index is -4.49. The van der Waals surface area contributed by atoms with Crippen LogP contribution >= 0.6 is 0 Å². The van der Waals surface area contributed by atoms with E-state index in [4.69, 9.17) is 5.26 Å². The number of sulfonamides is 1. The van der Waals surface area contributed by atoms with Gasteiger partial charge in [-0.25, -0.2) is 8.42 Å². The summed E-state index contributed by atoms with van der Waals surface area (Å²) < 4.78 is 64.0. The van der Waals surface area contributed by atoms with Gasteiger partial charge < -0.3 is 4.90 Å². The van der Waals surface area contributed by atoms with E-state index in [-0.39, 0.29) is 23.9 Å². The number of nitrogens with zero attached hydrogens (tertiary/aromatic N) is 2. The van der Waals surface area contributed by atoms with Gasteiger partial charge in [-0.1, -0.05) is 0 Å². The number of benzene rings is 1. The molecule has 0 spiro atoms. The summed E-state index contributed by atoms with van der Waals surface area (Å²) in [7, 11) is -3.79. The second-order valence-corrected chi connectivity index (χ2v) is 7.85. The first-order valence-corrected chi connectivity index (χ1v) is 8.99. The van der Waals surface area contributed by atoms with Crippen LogP contribution in [0.5, 0.6) is 0 Å². The van der Waals surface area contributed by atoms with Crippen molar-refractivity contribution < 1.29 is 26.5 Å². The van der Waals surface area contributed by atoms with Crippen molar-refractivity contribution in [3.05, 3.63) is 29.8 Å². The number of rotatable bonds is 4. The molecule has 0 amide bonds. The Morgan fingerprint density at radius 3 is 2.25 bits per heavy atom. The van der Waals surface area contributed by atoms with Crippen LogP contribution in [0.4, 0.5) is 13.2 Å². The Balaban J connectivity index is 2.05. The van der Waals surface area contributed by atoms with Crippen molar-refractivity contribution >= 4 is 10.0 Å². The van der Waals surface area contributed by atoms with E-state index in [9.17, 15) is 21.6 Å². The third-order valence-electron chi connectivity index (χ3n) is 4.06. The molecule has 1 atom stereocenters. The Hall–Kier alpha value is -1.63. The van der Waals surface area contributed by atoms with Crippen molar-refractivity contribution in [2.24, 2.45) is 5.92 Å². The first kappa shape index (κ1) is 18.7. The summed E-state index contributed by atoms with van der Waals surface area (Å²) in [6.07, 6.45) is -4.49. The number of hydrogen-bond donors (Lipinski definition) is 1. The molecule has 1 N–H and O–H groups in total. The summed E-state index contributed by atoms with van der Waals surface area (Å²) in [5.74, 6) is -0.0990. The number of piperazine rings is 1. The van der Waals surface area contributed by atoms with Gasteiger partial charge in [-0.2, -0.15) is 22.7 Å². The third-order valence-corrected chi connectivity index (χ3v) is 5.98. The quantitative estimate of drug-likeness (QED) is 0.860. The zero-order chi connectivity index (χ0) is 18.0. The maximum absolute atomic E-state index is 12.6. The van der Waals surface area contributed by atoms with Crippen LogP contribution in [0.25, 0.3) is 0 Å². The molecule has 1 saturated heterocycles. The largest absolute Gasteiger partial charge is 0.416 e. The minimum absolute atomic E-state index is 0.0990. The van der Waals surface area contributed by atoms with Crippen LogP contribution in [0.1, 0.15) is 12.5 Å². The van der Waals surface area contributed by atoms with Crippen molar-refractivity contribution in [1.82, 2.24) is 4.31 Å². The zero-order valence-electron chi connectivity index (χ0n) is 13.2. The summed E-state index contributed by atoms with van der Waals surface area (Å²) in [4.78, 5) is 1.02. The lowest BCUT2D eigenvalue weighted by Crippen LogP contribution is -3.15. The smallest absolute Gasteiger partial charge is 0.332 e. The molecule has 1 fully saturated rings.